The maximum atomic E-state index is 11.5. The van der Waals surface area contributed by atoms with Gasteiger partial charge in [0, 0.05) is 0 Å². The van der Waals surface area contributed by atoms with E-state index < -0.39 is 11.6 Å². The number of H-pyrrole nitrogens is 1. The van der Waals surface area contributed by atoms with E-state index >= 15 is 0 Å². The number of nitrogens with one attached hydrogen (secondary N) is 1. The molecule has 2 aromatic rings. The van der Waals surface area contributed by atoms with Gasteiger partial charge in [-0.3, -0.25) is 4.79 Å². The second-order valence-electron chi connectivity index (χ2n) is 3.01. The molecule has 5 heteroatoms. The maximum Gasteiger partial charge on any atom is 0.333 e. The summed E-state index contributed by atoms with van der Waals surface area (Å²) in [4.78, 5) is 25.4. The van der Waals surface area contributed by atoms with Crippen LogP contribution in [0, 0.1) is 11.3 Å². The van der Waals surface area contributed by atoms with Crippen molar-refractivity contribution in [2.24, 2.45) is 0 Å². The van der Waals surface area contributed by atoms with E-state index in [4.69, 9.17) is 5.26 Å². The van der Waals surface area contributed by atoms with Gasteiger partial charge in [0.1, 0.15) is 6.42 Å². The highest BCUT2D eigenvalue weighted by Gasteiger charge is 2.12. The number of nitrogens with zero attached hydrogens (tertiary/aromatic N) is 2. The lowest BCUT2D eigenvalue weighted by Gasteiger charge is -1.96. The summed E-state index contributed by atoms with van der Waals surface area (Å²) in [5.74, 6) is -0.514. The molecule has 0 aliphatic carbocycles. The molecule has 1 N–H and O–H groups in total. The van der Waals surface area contributed by atoms with Gasteiger partial charge < -0.3 is 4.98 Å². The van der Waals surface area contributed by atoms with Crippen molar-refractivity contribution in [2.75, 3.05) is 0 Å². The first kappa shape index (κ1) is 9.21. The van der Waals surface area contributed by atoms with Crippen LogP contribution < -0.4 is 5.69 Å². The fraction of sp³-hybridized carbons (Fsp3) is 0.100. The third kappa shape index (κ3) is 1.42. The number of hydrogen-bond acceptors (Lipinski definition) is 3. The summed E-state index contributed by atoms with van der Waals surface area (Å²) >= 11 is 0. The lowest BCUT2D eigenvalue weighted by Crippen LogP contribution is -2.23. The molecule has 15 heavy (non-hydrogen) atoms. The Bertz CT molecular complexity index is 615. The Morgan fingerprint density at radius 1 is 1.47 bits per heavy atom. The lowest BCUT2D eigenvalue weighted by molar-refractivity contribution is 0.0920. The summed E-state index contributed by atoms with van der Waals surface area (Å²) < 4.78 is 0.985. The van der Waals surface area contributed by atoms with Crippen LogP contribution in [0.15, 0.2) is 29.1 Å². The molecule has 0 aliphatic rings. The van der Waals surface area contributed by atoms with Gasteiger partial charge in [-0.05, 0) is 12.1 Å². The minimum Gasteiger partial charge on any atom is -0.305 e. The Morgan fingerprint density at radius 2 is 2.20 bits per heavy atom. The fourth-order valence-electron chi connectivity index (χ4n) is 1.45. The van der Waals surface area contributed by atoms with E-state index in [1.807, 2.05) is 0 Å². The van der Waals surface area contributed by atoms with Gasteiger partial charge >= 0.3 is 5.69 Å². The fourth-order valence-corrected chi connectivity index (χ4v) is 1.45. The highest BCUT2D eigenvalue weighted by Crippen LogP contribution is 2.08. The van der Waals surface area contributed by atoms with Gasteiger partial charge in [-0.25, -0.2) is 9.36 Å². The summed E-state index contributed by atoms with van der Waals surface area (Å²) in [5, 5.41) is 8.40. The molecular weight excluding hydrogens is 194 g/mol. The Hall–Kier alpha value is -2.35. The molecule has 1 heterocycles. The molecule has 5 nitrogen and oxygen atoms in total. The van der Waals surface area contributed by atoms with Gasteiger partial charge in [-0.2, -0.15) is 5.26 Å². The minimum absolute atomic E-state index is 0.304. The summed E-state index contributed by atoms with van der Waals surface area (Å²) in [7, 11) is 0. The predicted molar refractivity (Wildman–Crippen MR) is 53.4 cm³/mol. The molecule has 74 valence electrons. The molecule has 2 rings (SSSR count). The molecule has 0 fully saturated rings. The Kier molecular flexibility index (Phi) is 2.10. The molecule has 0 saturated heterocycles. The molecule has 0 spiro atoms. The standard InChI is InChI=1S/C10H7N3O2/c11-6-5-9(14)13-8-4-2-1-3-7(8)12-10(13)15/h1-4H,5H2,(H,12,15). The van der Waals surface area contributed by atoms with Gasteiger partial charge in [0.05, 0.1) is 17.1 Å². The number of para-hydroxylation sites is 2. The summed E-state index contributed by atoms with van der Waals surface area (Å²) in [6, 6.07) is 8.57. The topological polar surface area (TPSA) is 78.7 Å². The van der Waals surface area contributed by atoms with Crippen LogP contribution in [-0.4, -0.2) is 15.5 Å². The Labute approximate surface area is 84.6 Å². The van der Waals surface area contributed by atoms with Crippen LogP contribution in [0.3, 0.4) is 0 Å². The van der Waals surface area contributed by atoms with Crippen LogP contribution in [0.5, 0.6) is 0 Å². The predicted octanol–water partition coefficient (Wildman–Crippen LogP) is 0.883. The Morgan fingerprint density at radius 3 is 2.93 bits per heavy atom. The number of imidazole rings is 1. The normalized spacial score (nSPS) is 10.1. The highest BCUT2D eigenvalue weighted by atomic mass is 16.2. The van der Waals surface area contributed by atoms with E-state index in [0.717, 1.165) is 4.57 Å². The molecule has 0 radical (unpaired) electrons. The lowest BCUT2D eigenvalue weighted by atomic mass is 10.3. The second-order valence-corrected chi connectivity index (χ2v) is 3.01. The van der Waals surface area contributed by atoms with E-state index in [-0.39, 0.29) is 6.42 Å². The van der Waals surface area contributed by atoms with Gasteiger partial charge in [-0.1, -0.05) is 12.1 Å². The smallest absolute Gasteiger partial charge is 0.305 e. The number of carbonyl (C=O) groups is 1. The van der Waals surface area contributed by atoms with Crippen LogP contribution >= 0.6 is 0 Å². The SMILES string of the molecule is N#CCC(=O)n1c(=O)[nH]c2ccccc21. The van der Waals surface area contributed by atoms with E-state index in [1.165, 1.54) is 0 Å². The van der Waals surface area contributed by atoms with Crippen LogP contribution in [0.4, 0.5) is 0 Å². The zero-order valence-corrected chi connectivity index (χ0v) is 7.73. The zero-order valence-electron chi connectivity index (χ0n) is 7.73. The van der Waals surface area contributed by atoms with Crippen molar-refractivity contribution in [3.05, 3.63) is 34.7 Å². The van der Waals surface area contributed by atoms with E-state index in [2.05, 4.69) is 4.98 Å². The van der Waals surface area contributed by atoms with Crippen LogP contribution in [0.1, 0.15) is 11.2 Å². The molecular formula is C10H7N3O2. The first-order valence-electron chi connectivity index (χ1n) is 4.34. The summed E-state index contributed by atoms with van der Waals surface area (Å²) in [5.41, 5.74) is 0.591. The third-order valence-corrected chi connectivity index (χ3v) is 2.07. The van der Waals surface area contributed by atoms with Gasteiger partial charge in [0.25, 0.3) is 0 Å². The van der Waals surface area contributed by atoms with E-state index in [0.29, 0.717) is 11.0 Å². The first-order valence-corrected chi connectivity index (χ1v) is 4.34. The number of aromatic amines is 1. The van der Waals surface area contributed by atoms with E-state index in [9.17, 15) is 9.59 Å². The van der Waals surface area contributed by atoms with Gasteiger partial charge in [0.2, 0.25) is 5.91 Å². The second kappa shape index (κ2) is 3.42. The number of nitriles is 1. The molecule has 0 unspecified atom stereocenters. The van der Waals surface area contributed by atoms with Crippen molar-refractivity contribution in [2.45, 2.75) is 6.42 Å². The van der Waals surface area contributed by atoms with Crippen LogP contribution in [-0.2, 0) is 0 Å². The van der Waals surface area contributed by atoms with Crippen LogP contribution in [0.25, 0.3) is 11.0 Å². The molecule has 0 aliphatic heterocycles. The summed E-state index contributed by atoms with van der Waals surface area (Å²) in [6.45, 7) is 0. The monoisotopic (exact) mass is 201 g/mol. The van der Waals surface area contributed by atoms with Gasteiger partial charge in [-0.15, -0.1) is 0 Å². The number of benzene rings is 1. The zero-order chi connectivity index (χ0) is 10.8. The van der Waals surface area contributed by atoms with E-state index in [1.54, 1.807) is 30.3 Å². The largest absolute Gasteiger partial charge is 0.333 e. The van der Waals surface area contributed by atoms with Crippen molar-refractivity contribution in [3.8, 4) is 6.07 Å². The molecule has 0 atom stereocenters. The van der Waals surface area contributed by atoms with Crippen molar-refractivity contribution in [1.82, 2.24) is 9.55 Å². The maximum absolute atomic E-state index is 11.5. The quantitative estimate of drug-likeness (QED) is 0.743. The third-order valence-electron chi connectivity index (χ3n) is 2.07. The van der Waals surface area contributed by atoms with Crippen LogP contribution in [0.2, 0.25) is 0 Å². The van der Waals surface area contributed by atoms with Crippen molar-refractivity contribution in [1.29, 1.82) is 5.26 Å². The number of carbonyl (C=O) groups excluding carboxylic acids is 1. The number of aromatic nitrogens is 2. The molecule has 0 saturated carbocycles. The highest BCUT2D eigenvalue weighted by molar-refractivity contribution is 5.90. The number of fused-ring (bicyclic) bond motifs is 1. The average molecular weight is 201 g/mol. The number of rotatable bonds is 1. The van der Waals surface area contributed by atoms with Gasteiger partial charge in [0.15, 0.2) is 0 Å². The first-order chi connectivity index (χ1) is 7.24. The van der Waals surface area contributed by atoms with Crippen molar-refractivity contribution in [3.63, 3.8) is 0 Å². The van der Waals surface area contributed by atoms with Crippen molar-refractivity contribution < 1.29 is 4.79 Å². The van der Waals surface area contributed by atoms with Crippen molar-refractivity contribution >= 4 is 16.9 Å². The Balaban J connectivity index is 2.70. The summed E-state index contributed by atoms with van der Waals surface area (Å²) in [6.07, 6.45) is -0.304. The molecule has 0 amide bonds. The average Bonchev–Trinajstić information content (AvgIpc) is 2.54. The molecule has 0 bridgehead atoms. The molecule has 1 aromatic carbocycles. The minimum atomic E-state index is -0.514. The number of hydrogen-bond donors (Lipinski definition) is 1. The molecule has 1 aromatic heterocycles.